The number of rotatable bonds is 4. The van der Waals surface area contributed by atoms with Crippen molar-refractivity contribution in [2.75, 3.05) is 6.61 Å². The van der Waals surface area contributed by atoms with E-state index in [4.69, 9.17) is 10.5 Å². The Labute approximate surface area is 83.6 Å². The van der Waals surface area contributed by atoms with E-state index >= 15 is 0 Å². The molecule has 0 heterocycles. The zero-order chi connectivity index (χ0) is 9.80. The first kappa shape index (κ1) is 9.06. The molecule has 1 fully saturated rings. The van der Waals surface area contributed by atoms with Crippen LogP contribution in [0.3, 0.4) is 0 Å². The van der Waals surface area contributed by atoms with Crippen molar-refractivity contribution in [3.8, 4) is 5.75 Å². The molecule has 3 nitrogen and oxygen atoms in total. The molecule has 1 aliphatic carbocycles. The van der Waals surface area contributed by atoms with E-state index in [9.17, 15) is 0 Å². The highest BCUT2D eigenvalue weighted by Crippen LogP contribution is 2.23. The van der Waals surface area contributed by atoms with Gasteiger partial charge in [0.2, 0.25) is 0 Å². The van der Waals surface area contributed by atoms with Gasteiger partial charge in [-0.1, -0.05) is 18.2 Å². The minimum Gasteiger partial charge on any atom is -0.486 e. The summed E-state index contributed by atoms with van der Waals surface area (Å²) in [6, 6.07) is 10.1. The van der Waals surface area contributed by atoms with Crippen LogP contribution in [0, 0.1) is 0 Å². The summed E-state index contributed by atoms with van der Waals surface area (Å²) in [5.41, 5.74) is 5.69. The Morgan fingerprint density at radius 1 is 1.36 bits per heavy atom. The van der Waals surface area contributed by atoms with E-state index in [0.29, 0.717) is 18.5 Å². The van der Waals surface area contributed by atoms with Gasteiger partial charge < -0.3 is 10.5 Å². The van der Waals surface area contributed by atoms with Crippen molar-refractivity contribution >= 4 is 5.84 Å². The number of benzene rings is 1. The van der Waals surface area contributed by atoms with Crippen LogP contribution in [0.1, 0.15) is 12.8 Å². The van der Waals surface area contributed by atoms with Gasteiger partial charge in [-0.25, -0.2) is 0 Å². The van der Waals surface area contributed by atoms with Crippen molar-refractivity contribution in [2.24, 2.45) is 10.7 Å². The maximum Gasteiger partial charge on any atom is 0.145 e. The third-order valence-electron chi connectivity index (χ3n) is 2.03. The molecule has 0 radical (unpaired) electrons. The summed E-state index contributed by atoms with van der Waals surface area (Å²) in [5, 5.41) is 0. The number of amidine groups is 1. The molecule has 1 aliphatic rings. The van der Waals surface area contributed by atoms with Crippen molar-refractivity contribution in [3.05, 3.63) is 30.3 Å². The first-order valence-electron chi connectivity index (χ1n) is 4.84. The number of nitrogens with zero attached hydrogens (tertiary/aromatic N) is 1. The van der Waals surface area contributed by atoms with E-state index in [1.807, 2.05) is 30.3 Å². The summed E-state index contributed by atoms with van der Waals surface area (Å²) in [4.78, 5) is 4.27. The molecule has 0 amide bonds. The van der Waals surface area contributed by atoms with Gasteiger partial charge in [-0.05, 0) is 25.0 Å². The van der Waals surface area contributed by atoms with Crippen molar-refractivity contribution in [1.29, 1.82) is 0 Å². The van der Waals surface area contributed by atoms with Gasteiger partial charge in [0.25, 0.3) is 0 Å². The highest BCUT2D eigenvalue weighted by Gasteiger charge is 2.20. The fraction of sp³-hybridized carbons (Fsp3) is 0.364. The molecule has 0 aliphatic heterocycles. The third-order valence-corrected chi connectivity index (χ3v) is 2.03. The van der Waals surface area contributed by atoms with Crippen molar-refractivity contribution in [1.82, 2.24) is 0 Å². The average molecular weight is 190 g/mol. The molecular formula is C11H14N2O. The first-order valence-corrected chi connectivity index (χ1v) is 4.84. The molecule has 1 saturated carbocycles. The van der Waals surface area contributed by atoms with E-state index in [0.717, 1.165) is 5.75 Å². The van der Waals surface area contributed by atoms with Gasteiger partial charge in [0.05, 0.1) is 6.04 Å². The lowest BCUT2D eigenvalue weighted by Crippen LogP contribution is -2.21. The summed E-state index contributed by atoms with van der Waals surface area (Å²) < 4.78 is 5.44. The zero-order valence-corrected chi connectivity index (χ0v) is 8.02. The Bertz CT molecular complexity index is 317. The molecule has 1 aromatic rings. The van der Waals surface area contributed by atoms with Crippen LogP contribution in [-0.4, -0.2) is 18.5 Å². The second-order valence-electron chi connectivity index (χ2n) is 3.45. The van der Waals surface area contributed by atoms with E-state index in [1.54, 1.807) is 0 Å². The summed E-state index contributed by atoms with van der Waals surface area (Å²) in [5.74, 6) is 1.43. The second kappa shape index (κ2) is 4.13. The molecule has 1 aromatic carbocycles. The van der Waals surface area contributed by atoms with Gasteiger partial charge in [0, 0.05) is 0 Å². The van der Waals surface area contributed by atoms with Crippen LogP contribution in [0.15, 0.2) is 35.3 Å². The monoisotopic (exact) mass is 190 g/mol. The topological polar surface area (TPSA) is 47.6 Å². The lowest BCUT2D eigenvalue weighted by atomic mass is 10.3. The molecule has 0 bridgehead atoms. The van der Waals surface area contributed by atoms with Gasteiger partial charge in [-0.15, -0.1) is 0 Å². The maximum absolute atomic E-state index is 5.69. The van der Waals surface area contributed by atoms with E-state index in [1.165, 1.54) is 12.8 Å². The molecule has 0 aromatic heterocycles. The van der Waals surface area contributed by atoms with Gasteiger partial charge in [-0.2, -0.15) is 0 Å². The van der Waals surface area contributed by atoms with E-state index in [2.05, 4.69) is 4.99 Å². The smallest absolute Gasteiger partial charge is 0.145 e. The van der Waals surface area contributed by atoms with Gasteiger partial charge in [0.15, 0.2) is 0 Å². The fourth-order valence-electron chi connectivity index (χ4n) is 1.15. The van der Waals surface area contributed by atoms with Crippen LogP contribution >= 0.6 is 0 Å². The summed E-state index contributed by atoms with van der Waals surface area (Å²) in [7, 11) is 0. The van der Waals surface area contributed by atoms with Gasteiger partial charge in [-0.3, -0.25) is 4.99 Å². The second-order valence-corrected chi connectivity index (χ2v) is 3.45. The molecular weight excluding hydrogens is 176 g/mol. The van der Waals surface area contributed by atoms with Crippen molar-refractivity contribution in [2.45, 2.75) is 18.9 Å². The minimum absolute atomic E-state index is 0.389. The quantitative estimate of drug-likeness (QED) is 0.579. The molecule has 2 N–H and O–H groups in total. The number of nitrogens with two attached hydrogens (primary N) is 1. The predicted molar refractivity (Wildman–Crippen MR) is 56.6 cm³/mol. The normalized spacial score (nSPS) is 16.7. The number of hydrogen-bond acceptors (Lipinski definition) is 2. The largest absolute Gasteiger partial charge is 0.486 e. The SMILES string of the molecule is NC(COc1ccccc1)=NC1CC1. The van der Waals surface area contributed by atoms with Gasteiger partial charge >= 0.3 is 0 Å². The van der Waals surface area contributed by atoms with E-state index < -0.39 is 0 Å². The fourth-order valence-corrected chi connectivity index (χ4v) is 1.15. The maximum atomic E-state index is 5.69. The van der Waals surface area contributed by atoms with Crippen molar-refractivity contribution < 1.29 is 4.74 Å². The molecule has 0 atom stereocenters. The first-order chi connectivity index (χ1) is 6.84. The molecule has 0 unspecified atom stereocenters. The molecule has 0 spiro atoms. The minimum atomic E-state index is 0.389. The molecule has 14 heavy (non-hydrogen) atoms. The molecule has 3 heteroatoms. The summed E-state index contributed by atoms with van der Waals surface area (Å²) in [6.07, 6.45) is 2.35. The van der Waals surface area contributed by atoms with Crippen LogP contribution in [0.2, 0.25) is 0 Å². The summed E-state index contributed by atoms with van der Waals surface area (Å²) in [6.45, 7) is 0.389. The van der Waals surface area contributed by atoms with Gasteiger partial charge in [0.1, 0.15) is 18.2 Å². The van der Waals surface area contributed by atoms with Crippen LogP contribution in [0.25, 0.3) is 0 Å². The number of hydrogen-bond donors (Lipinski definition) is 1. The lowest BCUT2D eigenvalue weighted by Gasteiger charge is -2.04. The Morgan fingerprint density at radius 3 is 2.71 bits per heavy atom. The molecule has 0 saturated heterocycles. The van der Waals surface area contributed by atoms with E-state index in [-0.39, 0.29) is 0 Å². The Kier molecular flexibility index (Phi) is 2.68. The summed E-state index contributed by atoms with van der Waals surface area (Å²) >= 11 is 0. The Morgan fingerprint density at radius 2 is 2.07 bits per heavy atom. The number of para-hydroxylation sites is 1. The Balaban J connectivity index is 1.82. The average Bonchev–Trinajstić information content (AvgIpc) is 3.00. The van der Waals surface area contributed by atoms with Crippen LogP contribution in [0.4, 0.5) is 0 Å². The standard InChI is InChI=1S/C11H14N2O/c12-11(13-9-6-7-9)8-14-10-4-2-1-3-5-10/h1-5,9H,6-8H2,(H2,12,13). The van der Waals surface area contributed by atoms with Crippen LogP contribution in [0.5, 0.6) is 5.75 Å². The van der Waals surface area contributed by atoms with Crippen LogP contribution in [-0.2, 0) is 0 Å². The highest BCUT2D eigenvalue weighted by molar-refractivity contribution is 5.82. The lowest BCUT2D eigenvalue weighted by molar-refractivity contribution is 0.375. The highest BCUT2D eigenvalue weighted by atomic mass is 16.5. The third kappa shape index (κ3) is 2.76. The molecule has 2 rings (SSSR count). The Hall–Kier alpha value is -1.51. The number of ether oxygens (including phenoxy) is 1. The number of aliphatic imine (C=N–C) groups is 1. The zero-order valence-electron chi connectivity index (χ0n) is 8.02. The predicted octanol–water partition coefficient (Wildman–Crippen LogP) is 1.58. The molecule has 74 valence electrons. The van der Waals surface area contributed by atoms with Crippen molar-refractivity contribution in [3.63, 3.8) is 0 Å². The van der Waals surface area contributed by atoms with Crippen LogP contribution < -0.4 is 10.5 Å².